The highest BCUT2D eigenvalue weighted by molar-refractivity contribution is 5.71. The second kappa shape index (κ2) is 8.34. The summed E-state index contributed by atoms with van der Waals surface area (Å²) in [4.78, 5) is 11.8. The number of esters is 1. The van der Waals surface area contributed by atoms with Crippen LogP contribution in [0, 0.1) is 0 Å². The molecule has 0 aliphatic carbocycles. The van der Waals surface area contributed by atoms with E-state index in [1.54, 1.807) is 6.07 Å². The van der Waals surface area contributed by atoms with Crippen LogP contribution in [0.5, 0.6) is 5.75 Å². The van der Waals surface area contributed by atoms with Crippen LogP contribution in [0.1, 0.15) is 31.1 Å². The lowest BCUT2D eigenvalue weighted by atomic mass is 10.0. The molecule has 0 saturated carbocycles. The van der Waals surface area contributed by atoms with Crippen molar-refractivity contribution in [3.63, 3.8) is 0 Å². The van der Waals surface area contributed by atoms with Gasteiger partial charge in [-0.3, -0.25) is 0 Å². The zero-order chi connectivity index (χ0) is 18.4. The summed E-state index contributed by atoms with van der Waals surface area (Å²) < 4.78 is 15.8. The van der Waals surface area contributed by atoms with Crippen molar-refractivity contribution in [1.29, 1.82) is 0 Å². The van der Waals surface area contributed by atoms with Crippen molar-refractivity contribution in [3.05, 3.63) is 72.0 Å². The van der Waals surface area contributed by atoms with Crippen LogP contribution in [-0.4, -0.2) is 17.7 Å². The average Bonchev–Trinajstić information content (AvgIpc) is 3.15. The standard InChI is InChI=1S/C21H21NO4/c1-15(2)16-8-10-18(11-9-16)24-14-21(23)25-13-19-12-20(22-26-19)17-6-4-3-5-7-17/h3-12,15H,13-14H2,1-2H3. The van der Waals surface area contributed by atoms with E-state index in [9.17, 15) is 4.79 Å². The third kappa shape index (κ3) is 4.72. The van der Waals surface area contributed by atoms with Crippen LogP contribution < -0.4 is 4.74 Å². The molecule has 2 aromatic carbocycles. The summed E-state index contributed by atoms with van der Waals surface area (Å²) in [7, 11) is 0. The molecule has 0 aliphatic rings. The summed E-state index contributed by atoms with van der Waals surface area (Å²) in [5, 5.41) is 3.98. The number of benzene rings is 2. The highest BCUT2D eigenvalue weighted by atomic mass is 16.6. The quantitative estimate of drug-likeness (QED) is 0.583. The van der Waals surface area contributed by atoms with Gasteiger partial charge in [0, 0.05) is 11.6 Å². The van der Waals surface area contributed by atoms with Crippen LogP contribution in [0.25, 0.3) is 11.3 Å². The third-order valence-electron chi connectivity index (χ3n) is 3.91. The van der Waals surface area contributed by atoms with Crippen molar-refractivity contribution in [2.75, 3.05) is 6.61 Å². The lowest BCUT2D eigenvalue weighted by Crippen LogP contribution is -2.14. The van der Waals surface area contributed by atoms with E-state index in [4.69, 9.17) is 14.0 Å². The minimum absolute atomic E-state index is 0.0221. The van der Waals surface area contributed by atoms with Gasteiger partial charge in [0.25, 0.3) is 0 Å². The first kappa shape index (κ1) is 17.7. The van der Waals surface area contributed by atoms with Gasteiger partial charge in [0.2, 0.25) is 0 Å². The van der Waals surface area contributed by atoms with Gasteiger partial charge in [-0.25, -0.2) is 4.79 Å². The maximum Gasteiger partial charge on any atom is 0.344 e. The fraction of sp³-hybridized carbons (Fsp3) is 0.238. The number of hydrogen-bond acceptors (Lipinski definition) is 5. The molecule has 0 amide bonds. The topological polar surface area (TPSA) is 61.6 Å². The third-order valence-corrected chi connectivity index (χ3v) is 3.91. The maximum atomic E-state index is 11.8. The molecule has 0 atom stereocenters. The lowest BCUT2D eigenvalue weighted by Gasteiger charge is -2.08. The number of nitrogens with zero attached hydrogens (tertiary/aromatic N) is 1. The molecular weight excluding hydrogens is 330 g/mol. The monoisotopic (exact) mass is 351 g/mol. The van der Waals surface area contributed by atoms with Gasteiger partial charge in [-0.1, -0.05) is 61.5 Å². The van der Waals surface area contributed by atoms with Crippen LogP contribution in [0.3, 0.4) is 0 Å². The Labute approximate surface area is 152 Å². The van der Waals surface area contributed by atoms with Crippen molar-refractivity contribution >= 4 is 5.97 Å². The van der Waals surface area contributed by atoms with E-state index in [0.717, 1.165) is 5.56 Å². The molecule has 0 bridgehead atoms. The normalized spacial score (nSPS) is 10.7. The molecule has 0 aliphatic heterocycles. The second-order valence-corrected chi connectivity index (χ2v) is 6.22. The molecule has 1 heterocycles. The van der Waals surface area contributed by atoms with Crippen molar-refractivity contribution in [2.45, 2.75) is 26.4 Å². The lowest BCUT2D eigenvalue weighted by molar-refractivity contribution is -0.147. The van der Waals surface area contributed by atoms with Crippen molar-refractivity contribution < 1.29 is 18.8 Å². The molecule has 0 N–H and O–H groups in total. The van der Waals surface area contributed by atoms with E-state index in [-0.39, 0.29) is 13.2 Å². The fourth-order valence-electron chi connectivity index (χ4n) is 2.41. The molecule has 0 unspecified atom stereocenters. The summed E-state index contributed by atoms with van der Waals surface area (Å²) in [5.41, 5.74) is 2.87. The zero-order valence-electron chi connectivity index (χ0n) is 14.8. The number of carbonyl (C=O) groups excluding carboxylic acids is 1. The van der Waals surface area contributed by atoms with Crippen molar-refractivity contribution in [2.24, 2.45) is 0 Å². The maximum absolute atomic E-state index is 11.8. The minimum Gasteiger partial charge on any atom is -0.482 e. The minimum atomic E-state index is -0.462. The Morgan fingerprint density at radius 3 is 2.50 bits per heavy atom. The molecule has 134 valence electrons. The number of hydrogen-bond donors (Lipinski definition) is 0. The number of rotatable bonds is 7. The Morgan fingerprint density at radius 1 is 1.08 bits per heavy atom. The largest absolute Gasteiger partial charge is 0.482 e. The van der Waals surface area contributed by atoms with E-state index >= 15 is 0 Å². The number of aromatic nitrogens is 1. The van der Waals surface area contributed by atoms with Gasteiger partial charge in [0.1, 0.15) is 11.4 Å². The number of carbonyl (C=O) groups is 1. The van der Waals surface area contributed by atoms with Gasteiger partial charge in [-0.2, -0.15) is 0 Å². The molecule has 26 heavy (non-hydrogen) atoms. The second-order valence-electron chi connectivity index (χ2n) is 6.22. The molecule has 1 aromatic heterocycles. The zero-order valence-corrected chi connectivity index (χ0v) is 14.8. The molecule has 0 fully saturated rings. The summed E-state index contributed by atoms with van der Waals surface area (Å²) >= 11 is 0. The molecule has 0 radical (unpaired) electrons. The van der Waals surface area contributed by atoms with Crippen LogP contribution in [-0.2, 0) is 16.1 Å². The Kier molecular flexibility index (Phi) is 5.69. The predicted octanol–water partition coefficient (Wildman–Crippen LogP) is 4.59. The summed E-state index contributed by atoms with van der Waals surface area (Å²) in [6.07, 6.45) is 0. The Morgan fingerprint density at radius 2 is 1.81 bits per heavy atom. The molecule has 5 nitrogen and oxygen atoms in total. The van der Waals surface area contributed by atoms with Gasteiger partial charge < -0.3 is 14.0 Å². The molecule has 5 heteroatoms. The van der Waals surface area contributed by atoms with Crippen LogP contribution in [0.4, 0.5) is 0 Å². The van der Waals surface area contributed by atoms with Crippen molar-refractivity contribution in [1.82, 2.24) is 5.16 Å². The molecular formula is C21H21NO4. The van der Waals surface area contributed by atoms with E-state index < -0.39 is 5.97 Å². The highest BCUT2D eigenvalue weighted by Gasteiger charge is 2.10. The smallest absolute Gasteiger partial charge is 0.344 e. The van der Waals surface area contributed by atoms with E-state index in [0.29, 0.717) is 23.1 Å². The van der Waals surface area contributed by atoms with Gasteiger partial charge >= 0.3 is 5.97 Å². The average molecular weight is 351 g/mol. The fourth-order valence-corrected chi connectivity index (χ4v) is 2.41. The summed E-state index contributed by atoms with van der Waals surface area (Å²) in [6, 6.07) is 19.1. The first-order chi connectivity index (χ1) is 12.6. The highest BCUT2D eigenvalue weighted by Crippen LogP contribution is 2.20. The predicted molar refractivity (Wildman–Crippen MR) is 97.8 cm³/mol. The van der Waals surface area contributed by atoms with Gasteiger partial charge in [0.05, 0.1) is 0 Å². The van der Waals surface area contributed by atoms with E-state index in [1.807, 2.05) is 54.6 Å². The van der Waals surface area contributed by atoms with E-state index in [1.165, 1.54) is 5.56 Å². The SMILES string of the molecule is CC(C)c1ccc(OCC(=O)OCc2cc(-c3ccccc3)no2)cc1. The molecule has 3 aromatic rings. The first-order valence-electron chi connectivity index (χ1n) is 8.51. The number of ether oxygens (including phenoxy) is 2. The molecule has 0 saturated heterocycles. The van der Waals surface area contributed by atoms with Gasteiger partial charge in [0.15, 0.2) is 19.0 Å². The van der Waals surface area contributed by atoms with Gasteiger partial charge in [-0.05, 0) is 23.6 Å². The van der Waals surface area contributed by atoms with Crippen LogP contribution in [0.2, 0.25) is 0 Å². The Balaban J connectivity index is 1.46. The summed E-state index contributed by atoms with van der Waals surface area (Å²) in [5.74, 6) is 1.11. The molecule has 0 spiro atoms. The summed E-state index contributed by atoms with van der Waals surface area (Å²) in [6.45, 7) is 4.12. The van der Waals surface area contributed by atoms with Crippen molar-refractivity contribution in [3.8, 4) is 17.0 Å². The first-order valence-corrected chi connectivity index (χ1v) is 8.51. The molecule has 3 rings (SSSR count). The van der Waals surface area contributed by atoms with Crippen LogP contribution >= 0.6 is 0 Å². The Hall–Kier alpha value is -3.08. The van der Waals surface area contributed by atoms with E-state index in [2.05, 4.69) is 19.0 Å². The Bertz CT molecular complexity index is 838. The van der Waals surface area contributed by atoms with Crippen LogP contribution in [0.15, 0.2) is 65.2 Å². The van der Waals surface area contributed by atoms with Gasteiger partial charge in [-0.15, -0.1) is 0 Å².